The number of hydrogen-bond acceptors (Lipinski definition) is 3. The molecule has 1 aromatic carbocycles. The van der Waals surface area contributed by atoms with Gasteiger partial charge in [0.2, 0.25) is 0 Å². The van der Waals surface area contributed by atoms with E-state index in [1.165, 1.54) is 0 Å². The Hall–Kier alpha value is -1.61. The van der Waals surface area contributed by atoms with Crippen molar-refractivity contribution in [1.29, 1.82) is 5.26 Å². The van der Waals surface area contributed by atoms with Gasteiger partial charge in [-0.15, -0.1) is 0 Å². The number of rotatable bonds is 2. The van der Waals surface area contributed by atoms with Gasteiger partial charge < -0.3 is 4.74 Å². The van der Waals surface area contributed by atoms with Gasteiger partial charge in [0.05, 0.1) is 5.69 Å². The van der Waals surface area contributed by atoms with E-state index in [1.807, 2.05) is 38.1 Å². The summed E-state index contributed by atoms with van der Waals surface area (Å²) in [5, 5.41) is 9.14. The van der Waals surface area contributed by atoms with Crippen molar-refractivity contribution in [2.24, 2.45) is 0 Å². The zero-order valence-corrected chi connectivity index (χ0v) is 12.2. The average Bonchev–Trinajstić information content (AvgIpc) is 2.32. The molecule has 0 unspecified atom stereocenters. The van der Waals surface area contributed by atoms with Gasteiger partial charge >= 0.3 is 0 Å². The number of aryl methyl sites for hydroxylation is 2. The molecule has 0 aliphatic rings. The molecule has 0 saturated carbocycles. The number of benzene rings is 1. The highest BCUT2D eigenvalue weighted by molar-refractivity contribution is 14.1. The fourth-order valence-electron chi connectivity index (χ4n) is 1.64. The smallest absolute Gasteiger partial charge is 0.148 e. The zero-order chi connectivity index (χ0) is 13.1. The van der Waals surface area contributed by atoms with Crippen LogP contribution in [0.2, 0.25) is 0 Å². The lowest BCUT2D eigenvalue weighted by atomic mass is 10.2. The lowest BCUT2D eigenvalue weighted by Crippen LogP contribution is -1.96. The van der Waals surface area contributed by atoms with Crippen molar-refractivity contribution in [2.45, 2.75) is 13.8 Å². The summed E-state index contributed by atoms with van der Waals surface area (Å²) in [6.07, 6.45) is 0. The third-order valence-corrected chi connectivity index (χ3v) is 3.16. The Morgan fingerprint density at radius 1 is 1.22 bits per heavy atom. The molecule has 0 N–H and O–H groups in total. The van der Waals surface area contributed by atoms with Crippen LogP contribution >= 0.6 is 22.6 Å². The predicted molar refractivity (Wildman–Crippen MR) is 77.7 cm³/mol. The van der Waals surface area contributed by atoms with Crippen LogP contribution in [0.15, 0.2) is 30.3 Å². The van der Waals surface area contributed by atoms with E-state index in [-0.39, 0.29) is 0 Å². The van der Waals surface area contributed by atoms with Crippen LogP contribution in [-0.2, 0) is 0 Å². The number of hydrogen-bond donors (Lipinski definition) is 0. The maximum absolute atomic E-state index is 9.14. The fourth-order valence-corrected chi connectivity index (χ4v) is 2.00. The highest BCUT2D eigenvalue weighted by atomic mass is 127. The Labute approximate surface area is 120 Å². The summed E-state index contributed by atoms with van der Waals surface area (Å²) in [6, 6.07) is 11.6. The topological polar surface area (TPSA) is 45.9 Å². The molecule has 1 aromatic heterocycles. The SMILES string of the molecule is Cc1cc(Oc2ccc(I)cc2)c(C#N)c(C)n1. The summed E-state index contributed by atoms with van der Waals surface area (Å²) in [4.78, 5) is 4.26. The summed E-state index contributed by atoms with van der Waals surface area (Å²) in [5.41, 5.74) is 2.02. The van der Waals surface area contributed by atoms with E-state index < -0.39 is 0 Å². The maximum atomic E-state index is 9.14. The van der Waals surface area contributed by atoms with Gasteiger partial charge in [0.15, 0.2) is 0 Å². The van der Waals surface area contributed by atoms with Crippen LogP contribution in [0.25, 0.3) is 0 Å². The van der Waals surface area contributed by atoms with E-state index in [2.05, 4.69) is 33.6 Å². The van der Waals surface area contributed by atoms with Crippen LogP contribution in [0.1, 0.15) is 17.0 Å². The molecule has 90 valence electrons. The van der Waals surface area contributed by atoms with Crippen molar-refractivity contribution in [3.8, 4) is 17.6 Å². The molecule has 0 bridgehead atoms. The summed E-state index contributed by atoms with van der Waals surface area (Å²) in [5.74, 6) is 1.28. The minimum absolute atomic E-state index is 0.485. The largest absolute Gasteiger partial charge is 0.456 e. The number of ether oxygens (including phenoxy) is 1. The van der Waals surface area contributed by atoms with Crippen molar-refractivity contribution < 1.29 is 4.74 Å². The molecule has 1 heterocycles. The van der Waals surface area contributed by atoms with Crippen LogP contribution in [0.3, 0.4) is 0 Å². The molecule has 0 saturated heterocycles. The van der Waals surface area contributed by atoms with Crippen molar-refractivity contribution >= 4 is 22.6 Å². The first-order chi connectivity index (χ1) is 8.60. The molecule has 18 heavy (non-hydrogen) atoms. The van der Waals surface area contributed by atoms with E-state index >= 15 is 0 Å². The van der Waals surface area contributed by atoms with Crippen LogP contribution in [0, 0.1) is 28.7 Å². The molecule has 0 atom stereocenters. The van der Waals surface area contributed by atoms with E-state index in [0.717, 1.165) is 15.0 Å². The second-order valence-electron chi connectivity index (χ2n) is 3.89. The quantitative estimate of drug-likeness (QED) is 0.770. The molecule has 0 aliphatic carbocycles. The number of halogens is 1. The molecular weight excluding hydrogens is 339 g/mol. The average molecular weight is 350 g/mol. The molecule has 3 nitrogen and oxygen atoms in total. The minimum atomic E-state index is 0.485. The van der Waals surface area contributed by atoms with Gasteiger partial charge in [-0.25, -0.2) is 0 Å². The maximum Gasteiger partial charge on any atom is 0.148 e. The van der Waals surface area contributed by atoms with Crippen LogP contribution in [0.5, 0.6) is 11.5 Å². The van der Waals surface area contributed by atoms with Crippen molar-refractivity contribution in [2.75, 3.05) is 0 Å². The first-order valence-electron chi connectivity index (χ1n) is 5.42. The Balaban J connectivity index is 2.40. The van der Waals surface area contributed by atoms with E-state index in [1.54, 1.807) is 6.07 Å². The second kappa shape index (κ2) is 5.36. The third kappa shape index (κ3) is 2.79. The van der Waals surface area contributed by atoms with Crippen LogP contribution in [0.4, 0.5) is 0 Å². The molecule has 0 aliphatic heterocycles. The standard InChI is InChI=1S/C14H11IN2O/c1-9-7-14(13(8-16)10(2)17-9)18-12-5-3-11(15)4-6-12/h3-7H,1-2H3. The van der Waals surface area contributed by atoms with Gasteiger partial charge in [-0.05, 0) is 60.7 Å². The summed E-state index contributed by atoms with van der Waals surface area (Å²) in [6.45, 7) is 3.70. The summed E-state index contributed by atoms with van der Waals surface area (Å²) < 4.78 is 6.89. The molecule has 0 amide bonds. The van der Waals surface area contributed by atoms with Gasteiger partial charge in [-0.2, -0.15) is 5.26 Å². The van der Waals surface area contributed by atoms with E-state index in [4.69, 9.17) is 10.00 Å². The Morgan fingerprint density at radius 2 is 1.89 bits per heavy atom. The number of pyridine rings is 1. The molecule has 0 fully saturated rings. The van der Waals surface area contributed by atoms with Gasteiger partial charge in [-0.1, -0.05) is 0 Å². The molecular formula is C14H11IN2O. The molecule has 2 aromatic rings. The summed E-state index contributed by atoms with van der Waals surface area (Å²) in [7, 11) is 0. The van der Waals surface area contributed by atoms with Gasteiger partial charge in [0, 0.05) is 15.3 Å². The third-order valence-electron chi connectivity index (χ3n) is 2.45. The van der Waals surface area contributed by atoms with Crippen molar-refractivity contribution in [3.05, 3.63) is 50.9 Å². The van der Waals surface area contributed by atoms with Crippen molar-refractivity contribution in [1.82, 2.24) is 4.98 Å². The normalized spacial score (nSPS) is 9.89. The lowest BCUT2D eigenvalue weighted by molar-refractivity contribution is 0.479. The van der Waals surface area contributed by atoms with Crippen LogP contribution < -0.4 is 4.74 Å². The molecule has 0 radical (unpaired) electrons. The Kier molecular flexibility index (Phi) is 3.82. The van der Waals surface area contributed by atoms with Gasteiger partial charge in [0.1, 0.15) is 23.1 Å². The number of nitriles is 1. The molecule has 2 rings (SSSR count). The Morgan fingerprint density at radius 3 is 2.50 bits per heavy atom. The first-order valence-corrected chi connectivity index (χ1v) is 6.50. The lowest BCUT2D eigenvalue weighted by Gasteiger charge is -2.09. The number of aromatic nitrogens is 1. The fraction of sp³-hybridized carbons (Fsp3) is 0.143. The molecule has 0 spiro atoms. The minimum Gasteiger partial charge on any atom is -0.456 e. The molecule has 4 heteroatoms. The highest BCUT2D eigenvalue weighted by Crippen LogP contribution is 2.27. The second-order valence-corrected chi connectivity index (χ2v) is 5.14. The zero-order valence-electron chi connectivity index (χ0n) is 10.1. The van der Waals surface area contributed by atoms with Crippen LogP contribution in [-0.4, -0.2) is 4.98 Å². The number of nitrogens with zero attached hydrogens (tertiary/aromatic N) is 2. The predicted octanol–water partition coefficient (Wildman–Crippen LogP) is 3.97. The van der Waals surface area contributed by atoms with Gasteiger partial charge in [-0.3, -0.25) is 4.98 Å². The first kappa shape index (κ1) is 12.8. The van der Waals surface area contributed by atoms with Crippen molar-refractivity contribution in [3.63, 3.8) is 0 Å². The van der Waals surface area contributed by atoms with E-state index in [0.29, 0.717) is 17.0 Å². The Bertz CT molecular complexity index is 615. The van der Waals surface area contributed by atoms with Gasteiger partial charge in [0.25, 0.3) is 0 Å². The van der Waals surface area contributed by atoms with E-state index in [9.17, 15) is 0 Å². The summed E-state index contributed by atoms with van der Waals surface area (Å²) >= 11 is 2.23. The monoisotopic (exact) mass is 350 g/mol. The highest BCUT2D eigenvalue weighted by Gasteiger charge is 2.10.